The molecule has 3 aliphatic carbocycles. The number of hydrogen-bond donors (Lipinski definition) is 0. The summed E-state index contributed by atoms with van der Waals surface area (Å²) in [5.41, 5.74) is 1.91. The van der Waals surface area contributed by atoms with E-state index in [0.717, 1.165) is 43.2 Å². The van der Waals surface area contributed by atoms with E-state index >= 15 is 0 Å². The zero-order chi connectivity index (χ0) is 28.6. The largest absolute Gasteiger partial charge is 0.487 e. The van der Waals surface area contributed by atoms with Crippen LogP contribution < -0.4 is 4.74 Å². The Hall–Kier alpha value is -2.42. The Labute approximate surface area is 244 Å². The predicted octanol–water partition coefficient (Wildman–Crippen LogP) is 4.68. The highest BCUT2D eigenvalue weighted by atomic mass is 32.2. The standard InChI is InChI=1S/C33H42N2O5S/c1-22(2)19-35(41(37,38)21-25-8-5-4-6-9-25)27-14-15-33(40-23(3)36)29-18-26-10-7-11-28-30(26)32(33,31(27)39-28)16-17-34(29)20-24-12-13-24/h4-11,22,24,27,29,31H,12-21H2,1-3H3/t27-,29+,31-,32-,33+/m0/s1. The van der Waals surface area contributed by atoms with E-state index in [1.807, 2.05) is 36.4 Å². The molecule has 1 spiro atoms. The Kier molecular flexibility index (Phi) is 6.56. The molecule has 8 heteroatoms. The van der Waals surface area contributed by atoms with E-state index in [9.17, 15) is 13.2 Å². The lowest BCUT2D eigenvalue weighted by Gasteiger charge is -2.65. The average Bonchev–Trinajstić information content (AvgIpc) is 3.66. The van der Waals surface area contributed by atoms with E-state index in [4.69, 9.17) is 9.47 Å². The maximum absolute atomic E-state index is 14.2. The van der Waals surface area contributed by atoms with Crippen molar-refractivity contribution in [1.29, 1.82) is 0 Å². The monoisotopic (exact) mass is 578 g/mol. The molecule has 2 bridgehead atoms. The van der Waals surface area contributed by atoms with Crippen molar-refractivity contribution >= 4 is 16.0 Å². The Balaban J connectivity index is 1.35. The zero-order valence-electron chi connectivity index (χ0n) is 24.4. The minimum absolute atomic E-state index is 0.0398. The van der Waals surface area contributed by atoms with Gasteiger partial charge in [-0.2, -0.15) is 4.31 Å². The molecule has 0 aromatic heterocycles. The van der Waals surface area contributed by atoms with E-state index in [-0.39, 0.29) is 29.7 Å². The quantitative estimate of drug-likeness (QED) is 0.403. The number of sulfonamides is 1. The smallest absolute Gasteiger partial charge is 0.303 e. The molecule has 7 rings (SSSR count). The highest BCUT2D eigenvalue weighted by molar-refractivity contribution is 7.88. The highest BCUT2D eigenvalue weighted by Gasteiger charge is 2.75. The number of benzene rings is 2. The van der Waals surface area contributed by atoms with Crippen LogP contribution in [0.4, 0.5) is 0 Å². The van der Waals surface area contributed by atoms with E-state index in [1.54, 1.807) is 4.31 Å². The number of carbonyl (C=O) groups is 1. The third-order valence-electron chi connectivity index (χ3n) is 10.4. The number of esters is 1. The zero-order valence-corrected chi connectivity index (χ0v) is 25.2. The van der Waals surface area contributed by atoms with Crippen LogP contribution in [0.2, 0.25) is 0 Å². The first-order chi connectivity index (χ1) is 19.6. The van der Waals surface area contributed by atoms with Crippen LogP contribution in [-0.4, -0.2) is 67.0 Å². The summed E-state index contributed by atoms with van der Waals surface area (Å²) in [5, 5.41) is 0. The molecule has 2 saturated carbocycles. The van der Waals surface area contributed by atoms with Crippen LogP contribution >= 0.6 is 0 Å². The van der Waals surface area contributed by atoms with Crippen LogP contribution in [-0.2, 0) is 37.1 Å². The fraction of sp³-hybridized carbons (Fsp3) is 0.606. The predicted molar refractivity (Wildman–Crippen MR) is 157 cm³/mol. The first kappa shape index (κ1) is 27.4. The maximum atomic E-state index is 14.2. The molecule has 0 radical (unpaired) electrons. The minimum atomic E-state index is -3.66. The Bertz CT molecular complexity index is 1440. The summed E-state index contributed by atoms with van der Waals surface area (Å²) in [5.74, 6) is 1.42. The van der Waals surface area contributed by atoms with Gasteiger partial charge in [-0.3, -0.25) is 9.69 Å². The lowest BCUT2D eigenvalue weighted by molar-refractivity contribution is -0.222. The van der Waals surface area contributed by atoms with Gasteiger partial charge in [0.2, 0.25) is 10.0 Å². The van der Waals surface area contributed by atoms with Gasteiger partial charge < -0.3 is 9.47 Å². The van der Waals surface area contributed by atoms with Crippen LogP contribution in [0.25, 0.3) is 0 Å². The first-order valence-corrected chi connectivity index (χ1v) is 17.0. The number of piperidine rings is 1. The van der Waals surface area contributed by atoms with Gasteiger partial charge in [0.15, 0.2) is 0 Å². The molecule has 41 heavy (non-hydrogen) atoms. The Morgan fingerprint density at radius 3 is 2.59 bits per heavy atom. The van der Waals surface area contributed by atoms with Crippen molar-refractivity contribution in [1.82, 2.24) is 9.21 Å². The second-order valence-electron chi connectivity index (χ2n) is 13.5. The SMILES string of the molecule is CC(=O)O[C@@]12CC[C@H](N(CC(C)C)S(=O)(=O)Cc3ccccc3)[C@@H]3Oc4cccc5c4[C@@]31CCN(CC1CC1)[C@@H]2C5. The highest BCUT2D eigenvalue weighted by Crippen LogP contribution is 2.66. The molecule has 5 aliphatic rings. The molecule has 0 unspecified atom stereocenters. The van der Waals surface area contributed by atoms with Crippen LogP contribution in [0.5, 0.6) is 5.75 Å². The van der Waals surface area contributed by atoms with Crippen molar-refractivity contribution in [3.05, 3.63) is 65.2 Å². The Morgan fingerprint density at radius 1 is 1.10 bits per heavy atom. The van der Waals surface area contributed by atoms with Gasteiger partial charge in [-0.25, -0.2) is 8.42 Å². The van der Waals surface area contributed by atoms with Gasteiger partial charge in [0, 0.05) is 25.6 Å². The van der Waals surface area contributed by atoms with Gasteiger partial charge in [-0.05, 0) is 74.1 Å². The van der Waals surface area contributed by atoms with Gasteiger partial charge in [0.25, 0.3) is 0 Å². The van der Waals surface area contributed by atoms with E-state index in [1.165, 1.54) is 30.9 Å². The van der Waals surface area contributed by atoms with Crippen LogP contribution in [0, 0.1) is 11.8 Å². The van der Waals surface area contributed by atoms with Crippen LogP contribution in [0.3, 0.4) is 0 Å². The molecule has 5 atom stereocenters. The molecule has 2 aromatic carbocycles. The normalized spacial score (nSPS) is 32.1. The summed E-state index contributed by atoms with van der Waals surface area (Å²) in [6.07, 6.45) is 4.97. The van der Waals surface area contributed by atoms with Crippen molar-refractivity contribution in [3.8, 4) is 5.75 Å². The average molecular weight is 579 g/mol. The molecule has 7 nitrogen and oxygen atoms in total. The van der Waals surface area contributed by atoms with Gasteiger partial charge in [-0.1, -0.05) is 56.3 Å². The Morgan fingerprint density at radius 2 is 1.88 bits per heavy atom. The van der Waals surface area contributed by atoms with Crippen LogP contribution in [0.15, 0.2) is 48.5 Å². The van der Waals surface area contributed by atoms with Crippen molar-refractivity contribution in [3.63, 3.8) is 0 Å². The molecular weight excluding hydrogens is 536 g/mol. The van der Waals surface area contributed by atoms with Gasteiger partial charge in [0.05, 0.1) is 23.3 Å². The van der Waals surface area contributed by atoms with E-state index < -0.39 is 27.1 Å². The number of hydrogen-bond acceptors (Lipinski definition) is 6. The second-order valence-corrected chi connectivity index (χ2v) is 15.4. The molecule has 0 N–H and O–H groups in total. The number of nitrogens with zero attached hydrogens (tertiary/aromatic N) is 2. The van der Waals surface area contributed by atoms with Crippen molar-refractivity contribution in [2.24, 2.45) is 11.8 Å². The number of rotatable bonds is 9. The second kappa shape index (κ2) is 9.81. The summed E-state index contributed by atoms with van der Waals surface area (Å²) < 4.78 is 43.8. The number of likely N-dealkylation sites (tertiary alicyclic amines) is 1. The van der Waals surface area contributed by atoms with Gasteiger partial charge in [-0.15, -0.1) is 0 Å². The topological polar surface area (TPSA) is 76.1 Å². The molecule has 1 saturated heterocycles. The maximum Gasteiger partial charge on any atom is 0.303 e. The molecular formula is C33H42N2O5S. The number of carbonyl (C=O) groups excluding carboxylic acids is 1. The lowest BCUT2D eigenvalue weighted by atomic mass is 9.48. The van der Waals surface area contributed by atoms with E-state index in [0.29, 0.717) is 19.4 Å². The summed E-state index contributed by atoms with van der Waals surface area (Å²) in [6.45, 7) is 8.05. The molecule has 0 amide bonds. The molecule has 2 aromatic rings. The molecule has 3 fully saturated rings. The third kappa shape index (κ3) is 4.27. The van der Waals surface area contributed by atoms with E-state index in [2.05, 4.69) is 30.9 Å². The molecule has 2 heterocycles. The van der Waals surface area contributed by atoms with Crippen LogP contribution in [0.1, 0.15) is 69.6 Å². The summed E-state index contributed by atoms with van der Waals surface area (Å²) >= 11 is 0. The minimum Gasteiger partial charge on any atom is -0.487 e. The van der Waals surface area contributed by atoms with Gasteiger partial charge >= 0.3 is 5.97 Å². The van der Waals surface area contributed by atoms with Crippen molar-refractivity contribution in [2.45, 2.75) is 94.3 Å². The summed E-state index contributed by atoms with van der Waals surface area (Å²) in [7, 11) is -3.66. The number of ether oxygens (including phenoxy) is 2. The van der Waals surface area contributed by atoms with Crippen molar-refractivity contribution < 1.29 is 22.7 Å². The van der Waals surface area contributed by atoms with Crippen molar-refractivity contribution in [2.75, 3.05) is 19.6 Å². The fourth-order valence-corrected chi connectivity index (χ4v) is 10.8. The fourth-order valence-electron chi connectivity index (χ4n) is 8.84. The molecule has 2 aliphatic heterocycles. The summed E-state index contributed by atoms with van der Waals surface area (Å²) in [4.78, 5) is 15.5. The first-order valence-electron chi connectivity index (χ1n) is 15.4. The molecule has 220 valence electrons. The summed E-state index contributed by atoms with van der Waals surface area (Å²) in [6, 6.07) is 15.5. The third-order valence-corrected chi connectivity index (χ3v) is 12.2. The van der Waals surface area contributed by atoms with Gasteiger partial charge in [0.1, 0.15) is 17.5 Å². The lowest BCUT2D eigenvalue weighted by Crippen LogP contribution is -2.79.